The van der Waals surface area contributed by atoms with Gasteiger partial charge >= 0.3 is 5.97 Å². The van der Waals surface area contributed by atoms with Crippen LogP contribution in [0.25, 0.3) is 0 Å². The molecular formula is C14H12Br2FNO2S. The van der Waals surface area contributed by atoms with Crippen LogP contribution in [0.1, 0.15) is 17.8 Å². The number of anilines is 1. The summed E-state index contributed by atoms with van der Waals surface area (Å²) in [6.45, 7) is 2.06. The van der Waals surface area contributed by atoms with Crippen molar-refractivity contribution in [1.82, 2.24) is 0 Å². The molecule has 112 valence electrons. The molecule has 0 saturated heterocycles. The lowest BCUT2D eigenvalue weighted by molar-refractivity contribution is -0.144. The predicted octanol–water partition coefficient (Wildman–Crippen LogP) is 5.13. The average molecular weight is 437 g/mol. The summed E-state index contributed by atoms with van der Waals surface area (Å²) in [6.07, 6.45) is 0. The number of ether oxygens (including phenoxy) is 1. The van der Waals surface area contributed by atoms with E-state index in [0.29, 0.717) is 12.3 Å². The van der Waals surface area contributed by atoms with Crippen LogP contribution in [0.4, 0.5) is 10.1 Å². The van der Waals surface area contributed by atoms with Gasteiger partial charge < -0.3 is 10.1 Å². The van der Waals surface area contributed by atoms with Gasteiger partial charge in [0.2, 0.25) is 0 Å². The van der Waals surface area contributed by atoms with E-state index < -0.39 is 6.04 Å². The predicted molar refractivity (Wildman–Crippen MR) is 89.1 cm³/mol. The zero-order valence-corrected chi connectivity index (χ0v) is 15.0. The van der Waals surface area contributed by atoms with Crippen molar-refractivity contribution in [1.29, 1.82) is 0 Å². The number of hydrogen-bond donors (Lipinski definition) is 1. The summed E-state index contributed by atoms with van der Waals surface area (Å²) in [4.78, 5) is 13.0. The number of carbonyl (C=O) groups is 1. The summed E-state index contributed by atoms with van der Waals surface area (Å²) >= 11 is 8.24. The fraction of sp³-hybridized carbons (Fsp3) is 0.214. The maximum Gasteiger partial charge on any atom is 0.334 e. The molecule has 0 radical (unpaired) electrons. The highest BCUT2D eigenvalue weighted by molar-refractivity contribution is 9.13. The number of rotatable bonds is 5. The van der Waals surface area contributed by atoms with Gasteiger partial charge in [0.15, 0.2) is 6.04 Å². The number of benzene rings is 1. The SMILES string of the molecule is CCOC(=O)C(Nc1ccc(F)cc1)c1cc(Br)c(Br)s1. The molecule has 3 nitrogen and oxygen atoms in total. The molecule has 0 aliphatic heterocycles. The van der Waals surface area contributed by atoms with E-state index in [2.05, 4.69) is 37.2 Å². The van der Waals surface area contributed by atoms with E-state index in [1.165, 1.54) is 23.5 Å². The van der Waals surface area contributed by atoms with E-state index >= 15 is 0 Å². The molecule has 1 aromatic heterocycles. The summed E-state index contributed by atoms with van der Waals surface area (Å²) in [5.41, 5.74) is 0.648. The first-order valence-electron chi connectivity index (χ1n) is 6.14. The van der Waals surface area contributed by atoms with Crippen LogP contribution in [-0.4, -0.2) is 12.6 Å². The van der Waals surface area contributed by atoms with Crippen molar-refractivity contribution < 1.29 is 13.9 Å². The summed E-state index contributed by atoms with van der Waals surface area (Å²) in [5.74, 6) is -0.696. The smallest absolute Gasteiger partial charge is 0.334 e. The maximum absolute atomic E-state index is 13.0. The van der Waals surface area contributed by atoms with Crippen molar-refractivity contribution in [2.24, 2.45) is 0 Å². The monoisotopic (exact) mass is 435 g/mol. The Balaban J connectivity index is 2.27. The number of thiophene rings is 1. The molecule has 0 aliphatic carbocycles. The zero-order valence-electron chi connectivity index (χ0n) is 11.0. The molecule has 0 amide bonds. The van der Waals surface area contributed by atoms with Gasteiger partial charge in [-0.15, -0.1) is 11.3 Å². The Morgan fingerprint density at radius 2 is 2.05 bits per heavy atom. The fourth-order valence-corrected chi connectivity index (χ4v) is 3.82. The quantitative estimate of drug-likeness (QED) is 0.660. The minimum atomic E-state index is -0.636. The van der Waals surface area contributed by atoms with Crippen LogP contribution in [0.3, 0.4) is 0 Å². The van der Waals surface area contributed by atoms with Crippen LogP contribution in [-0.2, 0) is 9.53 Å². The van der Waals surface area contributed by atoms with Crippen molar-refractivity contribution in [3.63, 3.8) is 0 Å². The second kappa shape index (κ2) is 7.38. The van der Waals surface area contributed by atoms with E-state index in [1.54, 1.807) is 19.1 Å². The Kier molecular flexibility index (Phi) is 5.78. The third-order valence-electron chi connectivity index (χ3n) is 2.63. The van der Waals surface area contributed by atoms with Crippen molar-refractivity contribution >= 4 is 54.9 Å². The first kappa shape index (κ1) is 16.5. The zero-order chi connectivity index (χ0) is 15.4. The van der Waals surface area contributed by atoms with E-state index in [9.17, 15) is 9.18 Å². The highest BCUT2D eigenvalue weighted by atomic mass is 79.9. The summed E-state index contributed by atoms with van der Waals surface area (Å²) in [5, 5.41) is 3.08. The Hall–Kier alpha value is -0.920. The van der Waals surface area contributed by atoms with Crippen molar-refractivity contribution in [3.05, 3.63) is 49.3 Å². The second-order valence-corrected chi connectivity index (χ2v) is 7.36. The van der Waals surface area contributed by atoms with Gasteiger partial charge in [-0.1, -0.05) is 0 Å². The topological polar surface area (TPSA) is 38.3 Å². The third-order valence-corrected chi connectivity index (χ3v) is 5.95. The lowest BCUT2D eigenvalue weighted by atomic mass is 10.2. The Bertz CT molecular complexity index is 611. The lowest BCUT2D eigenvalue weighted by Gasteiger charge is -2.17. The molecule has 0 spiro atoms. The van der Waals surface area contributed by atoms with E-state index in [4.69, 9.17) is 4.74 Å². The Morgan fingerprint density at radius 1 is 1.38 bits per heavy atom. The molecule has 1 atom stereocenters. The molecule has 1 aromatic carbocycles. The molecule has 1 heterocycles. The number of halogens is 3. The highest BCUT2D eigenvalue weighted by Gasteiger charge is 2.24. The average Bonchev–Trinajstić information content (AvgIpc) is 2.78. The number of nitrogens with one attached hydrogen (secondary N) is 1. The van der Waals surface area contributed by atoms with Crippen molar-refractivity contribution in [2.45, 2.75) is 13.0 Å². The fourth-order valence-electron chi connectivity index (χ4n) is 1.69. The first-order chi connectivity index (χ1) is 10.0. The maximum atomic E-state index is 13.0. The molecule has 1 unspecified atom stereocenters. The highest BCUT2D eigenvalue weighted by Crippen LogP contribution is 2.37. The van der Waals surface area contributed by atoms with Gasteiger partial charge in [-0.2, -0.15) is 0 Å². The van der Waals surface area contributed by atoms with Crippen LogP contribution in [0.15, 0.2) is 38.6 Å². The van der Waals surface area contributed by atoms with Gasteiger partial charge in [-0.25, -0.2) is 9.18 Å². The van der Waals surface area contributed by atoms with Crippen LogP contribution in [0.5, 0.6) is 0 Å². The minimum Gasteiger partial charge on any atom is -0.464 e. The minimum absolute atomic E-state index is 0.300. The number of esters is 1. The third kappa shape index (κ3) is 4.28. The molecule has 1 N–H and O–H groups in total. The van der Waals surface area contributed by atoms with Crippen LogP contribution in [0.2, 0.25) is 0 Å². The van der Waals surface area contributed by atoms with Crippen LogP contribution >= 0.6 is 43.2 Å². The number of hydrogen-bond acceptors (Lipinski definition) is 4. The van der Waals surface area contributed by atoms with Gasteiger partial charge in [-0.3, -0.25) is 0 Å². The number of carbonyl (C=O) groups excluding carboxylic acids is 1. The van der Waals surface area contributed by atoms with Gasteiger partial charge in [0, 0.05) is 15.0 Å². The summed E-state index contributed by atoms with van der Waals surface area (Å²) in [7, 11) is 0. The van der Waals surface area contributed by atoms with Crippen molar-refractivity contribution in [3.8, 4) is 0 Å². The van der Waals surface area contributed by atoms with E-state index in [0.717, 1.165) is 13.1 Å². The largest absolute Gasteiger partial charge is 0.464 e. The summed E-state index contributed by atoms with van der Waals surface area (Å²) < 4.78 is 19.8. The lowest BCUT2D eigenvalue weighted by Crippen LogP contribution is -2.22. The van der Waals surface area contributed by atoms with Crippen LogP contribution in [0, 0.1) is 5.82 Å². The molecule has 0 fully saturated rings. The van der Waals surface area contributed by atoms with Gasteiger partial charge in [0.1, 0.15) is 5.82 Å². The molecule has 0 bridgehead atoms. The van der Waals surface area contributed by atoms with Gasteiger partial charge in [-0.05, 0) is 69.1 Å². The molecule has 2 rings (SSSR count). The van der Waals surface area contributed by atoms with E-state index in [-0.39, 0.29) is 11.8 Å². The standard InChI is InChI=1S/C14H12Br2FNO2S/c1-2-20-14(19)12(11-7-10(15)13(16)21-11)18-9-5-3-8(17)4-6-9/h3-7,12,18H,2H2,1H3. The normalized spacial score (nSPS) is 12.0. The van der Waals surface area contributed by atoms with Crippen LogP contribution < -0.4 is 5.32 Å². The molecule has 0 saturated carbocycles. The van der Waals surface area contributed by atoms with Crippen molar-refractivity contribution in [2.75, 3.05) is 11.9 Å². The molecule has 21 heavy (non-hydrogen) atoms. The summed E-state index contributed by atoms with van der Waals surface area (Å²) in [6, 6.07) is 7.06. The second-order valence-electron chi connectivity index (χ2n) is 4.11. The molecule has 2 aromatic rings. The van der Waals surface area contributed by atoms with Gasteiger partial charge in [0.25, 0.3) is 0 Å². The van der Waals surface area contributed by atoms with E-state index in [1.807, 2.05) is 6.07 Å². The first-order valence-corrected chi connectivity index (χ1v) is 8.55. The Morgan fingerprint density at radius 3 is 2.57 bits per heavy atom. The van der Waals surface area contributed by atoms with Gasteiger partial charge in [0.05, 0.1) is 10.4 Å². The molecule has 0 aliphatic rings. The molecular weight excluding hydrogens is 425 g/mol. The Labute approximate surface area is 142 Å². The molecule has 7 heteroatoms.